The Morgan fingerprint density at radius 1 is 0.465 bits per heavy atom. The summed E-state index contributed by atoms with van der Waals surface area (Å²) in [5, 5.41) is 5.02. The lowest BCUT2D eigenvalue weighted by Gasteiger charge is -2.19. The van der Waals surface area contributed by atoms with Crippen molar-refractivity contribution in [1.29, 1.82) is 0 Å². The summed E-state index contributed by atoms with van der Waals surface area (Å²) in [5.74, 6) is 1.07. The van der Waals surface area contributed by atoms with E-state index in [1.807, 2.05) is 0 Å². The number of fused-ring (bicyclic) bond motifs is 3. The Bertz CT molecular complexity index is 2260. The summed E-state index contributed by atoms with van der Waals surface area (Å²) >= 11 is 0. The van der Waals surface area contributed by atoms with Crippen LogP contribution in [0.15, 0.2) is 152 Å². The third-order valence-electron chi connectivity index (χ3n) is 8.53. The van der Waals surface area contributed by atoms with Gasteiger partial charge >= 0.3 is 0 Å². The molecule has 0 unspecified atom stereocenters. The Kier molecular flexibility index (Phi) is 6.12. The van der Waals surface area contributed by atoms with E-state index >= 15 is 0 Å². The standard InChI is InChI=1S/C41H30N2/c1-2-39-42-37-22-11-12-23-38(37)43(39)32-19-13-18-31(26-32)41-34-21-10-9-20-33(34)40(29-16-7-4-8-17-29)35-25-24-30(27-36(35)41)28-14-5-3-6-15-28/h3-27H,2H2,1H3. The smallest absolute Gasteiger partial charge is 0.114 e. The first kappa shape index (κ1) is 25.3. The molecule has 1 aromatic heterocycles. The molecule has 0 radical (unpaired) electrons. The fourth-order valence-electron chi connectivity index (χ4n) is 6.62. The van der Waals surface area contributed by atoms with E-state index in [4.69, 9.17) is 4.98 Å². The van der Waals surface area contributed by atoms with Crippen molar-refractivity contribution in [2.75, 3.05) is 0 Å². The summed E-state index contributed by atoms with van der Waals surface area (Å²) in [7, 11) is 0. The molecule has 0 aliphatic rings. The first-order chi connectivity index (χ1) is 21.3. The van der Waals surface area contributed by atoms with Gasteiger partial charge in [-0.25, -0.2) is 4.98 Å². The zero-order valence-corrected chi connectivity index (χ0v) is 24.0. The maximum absolute atomic E-state index is 4.96. The number of aromatic nitrogens is 2. The lowest BCUT2D eigenvalue weighted by molar-refractivity contribution is 0.908. The summed E-state index contributed by atoms with van der Waals surface area (Å²) in [6.45, 7) is 2.18. The van der Waals surface area contributed by atoms with Gasteiger partial charge in [-0.05, 0) is 85.3 Å². The predicted molar refractivity (Wildman–Crippen MR) is 182 cm³/mol. The molecule has 0 aliphatic carbocycles. The normalized spacial score (nSPS) is 11.5. The number of rotatable bonds is 5. The number of hydrogen-bond donors (Lipinski definition) is 0. The molecule has 1 heterocycles. The highest BCUT2D eigenvalue weighted by atomic mass is 15.1. The molecular formula is C41H30N2. The second-order valence-corrected chi connectivity index (χ2v) is 11.0. The van der Waals surface area contributed by atoms with Crippen molar-refractivity contribution in [3.8, 4) is 39.1 Å². The maximum Gasteiger partial charge on any atom is 0.114 e. The highest BCUT2D eigenvalue weighted by Gasteiger charge is 2.18. The first-order valence-corrected chi connectivity index (χ1v) is 15.0. The summed E-state index contributed by atoms with van der Waals surface area (Å²) in [6, 6.07) is 54.7. The van der Waals surface area contributed by atoms with Crippen molar-refractivity contribution in [2.24, 2.45) is 0 Å². The second-order valence-electron chi connectivity index (χ2n) is 11.0. The number of imidazole rings is 1. The highest BCUT2D eigenvalue weighted by molar-refractivity contribution is 6.22. The van der Waals surface area contributed by atoms with Gasteiger partial charge in [-0.1, -0.05) is 128 Å². The van der Waals surface area contributed by atoms with Crippen LogP contribution in [0.25, 0.3) is 71.6 Å². The van der Waals surface area contributed by atoms with E-state index in [1.54, 1.807) is 0 Å². The number of para-hydroxylation sites is 2. The first-order valence-electron chi connectivity index (χ1n) is 15.0. The van der Waals surface area contributed by atoms with Crippen LogP contribution in [0.1, 0.15) is 12.7 Å². The topological polar surface area (TPSA) is 17.8 Å². The zero-order valence-electron chi connectivity index (χ0n) is 24.0. The van der Waals surface area contributed by atoms with E-state index in [2.05, 4.69) is 163 Å². The molecule has 43 heavy (non-hydrogen) atoms. The van der Waals surface area contributed by atoms with Crippen molar-refractivity contribution < 1.29 is 0 Å². The maximum atomic E-state index is 4.96. The van der Waals surface area contributed by atoms with Crippen LogP contribution in [0.3, 0.4) is 0 Å². The number of hydrogen-bond acceptors (Lipinski definition) is 1. The highest BCUT2D eigenvalue weighted by Crippen LogP contribution is 2.45. The second kappa shape index (κ2) is 10.4. The largest absolute Gasteiger partial charge is 0.296 e. The van der Waals surface area contributed by atoms with Crippen molar-refractivity contribution >= 4 is 32.6 Å². The minimum absolute atomic E-state index is 0.858. The van der Waals surface area contributed by atoms with Crippen molar-refractivity contribution in [3.63, 3.8) is 0 Å². The van der Waals surface area contributed by atoms with E-state index in [-0.39, 0.29) is 0 Å². The summed E-state index contributed by atoms with van der Waals surface area (Å²) < 4.78 is 2.32. The van der Waals surface area contributed by atoms with E-state index in [0.29, 0.717) is 0 Å². The molecule has 0 amide bonds. The Balaban J connectivity index is 1.47. The monoisotopic (exact) mass is 550 g/mol. The molecule has 0 atom stereocenters. The fourth-order valence-corrected chi connectivity index (χ4v) is 6.62. The Morgan fingerprint density at radius 3 is 1.81 bits per heavy atom. The van der Waals surface area contributed by atoms with Gasteiger partial charge in [-0.2, -0.15) is 0 Å². The van der Waals surface area contributed by atoms with Crippen molar-refractivity contribution in [1.82, 2.24) is 9.55 Å². The van der Waals surface area contributed by atoms with Gasteiger partial charge in [0.1, 0.15) is 5.82 Å². The minimum Gasteiger partial charge on any atom is -0.296 e. The van der Waals surface area contributed by atoms with Gasteiger partial charge in [0.05, 0.1) is 11.0 Å². The molecule has 2 nitrogen and oxygen atoms in total. The lowest BCUT2D eigenvalue weighted by atomic mass is 9.85. The molecule has 204 valence electrons. The van der Waals surface area contributed by atoms with Crippen LogP contribution in [-0.2, 0) is 6.42 Å². The van der Waals surface area contributed by atoms with Gasteiger partial charge in [0, 0.05) is 12.1 Å². The third-order valence-corrected chi connectivity index (χ3v) is 8.53. The Hall–Kier alpha value is -5.47. The van der Waals surface area contributed by atoms with Crippen LogP contribution < -0.4 is 0 Å². The van der Waals surface area contributed by atoms with Crippen LogP contribution >= 0.6 is 0 Å². The molecular weight excluding hydrogens is 520 g/mol. The quantitative estimate of drug-likeness (QED) is 0.195. The van der Waals surface area contributed by atoms with E-state index in [1.165, 1.54) is 54.9 Å². The van der Waals surface area contributed by atoms with Crippen LogP contribution in [0.4, 0.5) is 0 Å². The summed E-state index contributed by atoms with van der Waals surface area (Å²) in [5.41, 5.74) is 10.7. The average molecular weight is 551 g/mol. The van der Waals surface area contributed by atoms with Crippen LogP contribution in [0.5, 0.6) is 0 Å². The van der Waals surface area contributed by atoms with Gasteiger partial charge in [0.2, 0.25) is 0 Å². The zero-order chi connectivity index (χ0) is 28.8. The average Bonchev–Trinajstić information content (AvgIpc) is 3.46. The molecule has 2 heteroatoms. The molecule has 0 spiro atoms. The lowest BCUT2D eigenvalue weighted by Crippen LogP contribution is -2.00. The van der Waals surface area contributed by atoms with E-state index in [0.717, 1.165) is 29.0 Å². The van der Waals surface area contributed by atoms with Crippen LogP contribution in [-0.4, -0.2) is 9.55 Å². The molecule has 0 aliphatic heterocycles. The molecule has 0 saturated carbocycles. The molecule has 8 rings (SSSR count). The number of benzene rings is 7. The Morgan fingerprint density at radius 2 is 1.07 bits per heavy atom. The van der Waals surface area contributed by atoms with Gasteiger partial charge in [-0.3, -0.25) is 4.57 Å². The van der Waals surface area contributed by atoms with Gasteiger partial charge in [-0.15, -0.1) is 0 Å². The molecule has 8 aromatic rings. The van der Waals surface area contributed by atoms with Crippen LogP contribution in [0.2, 0.25) is 0 Å². The Labute approximate surface area is 251 Å². The predicted octanol–water partition coefficient (Wildman–Crippen LogP) is 10.9. The van der Waals surface area contributed by atoms with E-state index < -0.39 is 0 Å². The van der Waals surface area contributed by atoms with Crippen molar-refractivity contribution in [2.45, 2.75) is 13.3 Å². The third kappa shape index (κ3) is 4.23. The molecule has 0 bridgehead atoms. The molecule has 0 fully saturated rings. The van der Waals surface area contributed by atoms with Crippen LogP contribution in [0, 0.1) is 0 Å². The number of nitrogens with zero attached hydrogens (tertiary/aromatic N) is 2. The van der Waals surface area contributed by atoms with Gasteiger partial charge in [0.25, 0.3) is 0 Å². The number of aryl methyl sites for hydroxylation is 1. The fraction of sp³-hybridized carbons (Fsp3) is 0.0488. The SMILES string of the molecule is CCc1nc2ccccc2n1-c1cccc(-c2c3ccccc3c(-c3ccccc3)c3ccc(-c4ccccc4)cc23)c1. The summed E-state index contributed by atoms with van der Waals surface area (Å²) in [6.07, 6.45) is 0.858. The molecule has 7 aromatic carbocycles. The molecule has 0 N–H and O–H groups in total. The van der Waals surface area contributed by atoms with E-state index in [9.17, 15) is 0 Å². The molecule has 0 saturated heterocycles. The van der Waals surface area contributed by atoms with Gasteiger partial charge in [0.15, 0.2) is 0 Å². The summed E-state index contributed by atoms with van der Waals surface area (Å²) in [4.78, 5) is 4.96. The minimum atomic E-state index is 0.858. The van der Waals surface area contributed by atoms with Gasteiger partial charge < -0.3 is 0 Å². The van der Waals surface area contributed by atoms with Crippen molar-refractivity contribution in [3.05, 3.63) is 157 Å².